The number of hydrogen-bond acceptors (Lipinski definition) is 6. The highest BCUT2D eigenvalue weighted by molar-refractivity contribution is 6.71. The van der Waals surface area contributed by atoms with Crippen LogP contribution in [-0.4, -0.2) is 78.9 Å². The van der Waals surface area contributed by atoms with Crippen LogP contribution in [0.2, 0.25) is 98.2 Å². The summed E-state index contributed by atoms with van der Waals surface area (Å²) < 4.78 is 40.3. The van der Waals surface area contributed by atoms with Gasteiger partial charge in [-0.1, -0.05) is 0 Å². The van der Waals surface area contributed by atoms with Crippen molar-refractivity contribution in [1.29, 1.82) is 0 Å². The highest BCUT2D eigenvalue weighted by Gasteiger charge is 2.58. The van der Waals surface area contributed by atoms with E-state index in [4.69, 9.17) is 26.9 Å². The van der Waals surface area contributed by atoms with Crippen LogP contribution in [0.25, 0.3) is 0 Å². The number of rotatable bonds is 11. The minimum atomic E-state index is -2.02. The average Bonchev–Trinajstić information content (AvgIpc) is 2.46. The lowest BCUT2D eigenvalue weighted by atomic mass is 9.97. The molecular formula is C21H52O6Si5. The van der Waals surface area contributed by atoms with Crippen LogP contribution in [0.5, 0.6) is 0 Å². The predicted molar refractivity (Wildman–Crippen MR) is 147 cm³/mol. The van der Waals surface area contributed by atoms with Crippen molar-refractivity contribution in [2.75, 3.05) is 13.2 Å². The van der Waals surface area contributed by atoms with Gasteiger partial charge in [0.25, 0.3) is 0 Å². The van der Waals surface area contributed by atoms with Crippen LogP contribution in [0.4, 0.5) is 0 Å². The maximum atomic E-state index is 6.89. The van der Waals surface area contributed by atoms with Crippen LogP contribution in [0.1, 0.15) is 0 Å². The first kappa shape index (κ1) is 30.9. The fourth-order valence-electron chi connectivity index (χ4n) is 3.56. The molecule has 0 saturated carbocycles. The number of ether oxygens (including phenoxy) is 1. The molecule has 0 bridgehead atoms. The van der Waals surface area contributed by atoms with E-state index in [2.05, 4.69) is 98.2 Å². The molecule has 0 N–H and O–H groups in total. The summed E-state index contributed by atoms with van der Waals surface area (Å²) in [6.45, 7) is 33.9. The Morgan fingerprint density at radius 2 is 1.09 bits per heavy atom. The fraction of sp³-hybridized carbons (Fsp3) is 1.00. The van der Waals surface area contributed by atoms with Crippen molar-refractivity contribution in [2.45, 2.75) is 122 Å². The third-order valence-corrected chi connectivity index (χ3v) is 9.17. The van der Waals surface area contributed by atoms with Gasteiger partial charge >= 0.3 is 0 Å². The van der Waals surface area contributed by atoms with E-state index in [0.717, 1.165) is 0 Å². The smallest absolute Gasteiger partial charge is 0.209 e. The second kappa shape index (κ2) is 10.4. The van der Waals surface area contributed by atoms with E-state index in [9.17, 15) is 0 Å². The first-order valence-corrected chi connectivity index (χ1v) is 29.0. The molecule has 0 radical (unpaired) electrons. The summed E-state index contributed by atoms with van der Waals surface area (Å²) in [6, 6.07) is 0. The summed E-state index contributed by atoms with van der Waals surface area (Å²) in [5, 5.41) is 0. The molecule has 4 atom stereocenters. The van der Waals surface area contributed by atoms with Crippen LogP contribution < -0.4 is 0 Å². The van der Waals surface area contributed by atoms with Gasteiger partial charge in [0.05, 0.1) is 19.3 Å². The molecular weight excluding hydrogens is 489 g/mol. The summed E-state index contributed by atoms with van der Waals surface area (Å²) in [5.41, 5.74) is 0. The van der Waals surface area contributed by atoms with Crippen molar-refractivity contribution < 1.29 is 26.9 Å². The maximum absolute atomic E-state index is 6.89. The van der Waals surface area contributed by atoms with Crippen molar-refractivity contribution in [1.82, 2.24) is 0 Å². The van der Waals surface area contributed by atoms with Gasteiger partial charge < -0.3 is 26.9 Å². The van der Waals surface area contributed by atoms with Gasteiger partial charge in [-0.15, -0.1) is 0 Å². The molecule has 192 valence electrons. The van der Waals surface area contributed by atoms with E-state index in [1.165, 1.54) is 0 Å². The molecule has 0 aromatic rings. The minimum absolute atomic E-state index is 0.181. The summed E-state index contributed by atoms with van der Waals surface area (Å²) in [6.07, 6.45) is -0.838. The Kier molecular flexibility index (Phi) is 10.1. The maximum Gasteiger partial charge on any atom is 0.209 e. The SMILES string of the molecule is C[Si](C)(C)OCC1(O[Si](C)(C)C)OCC(O[Si](C)(C)C)C(O[Si](C)(C)C)C1O[Si](C)(C)C. The molecule has 32 heavy (non-hydrogen) atoms. The molecule has 1 aliphatic heterocycles. The molecule has 0 aromatic heterocycles. The summed E-state index contributed by atoms with van der Waals surface area (Å²) in [7, 11) is -9.58. The standard InChI is InChI=1S/C21H52O6Si5/c1-28(2,3)23-17-21(27-32(13,14)15)20(26-31(10,11)12)19(25-30(7,8)9)18(16-22-21)24-29(4,5)6/h18-20H,16-17H2,1-15H3. The Morgan fingerprint density at radius 3 is 1.47 bits per heavy atom. The van der Waals surface area contributed by atoms with Gasteiger partial charge in [0.1, 0.15) is 12.2 Å². The van der Waals surface area contributed by atoms with E-state index in [1.54, 1.807) is 0 Å². The normalized spacial score (nSPS) is 28.8. The molecule has 0 spiro atoms. The molecule has 0 aliphatic carbocycles. The summed E-state index contributed by atoms with van der Waals surface area (Å²) in [4.78, 5) is 0. The van der Waals surface area contributed by atoms with Crippen LogP contribution in [0.15, 0.2) is 0 Å². The van der Waals surface area contributed by atoms with Crippen LogP contribution in [0.3, 0.4) is 0 Å². The Morgan fingerprint density at radius 1 is 0.625 bits per heavy atom. The van der Waals surface area contributed by atoms with E-state index in [-0.39, 0.29) is 12.2 Å². The highest BCUT2D eigenvalue weighted by Crippen LogP contribution is 2.39. The lowest BCUT2D eigenvalue weighted by Crippen LogP contribution is -2.71. The van der Waals surface area contributed by atoms with Crippen LogP contribution in [0, 0.1) is 0 Å². The lowest BCUT2D eigenvalue weighted by molar-refractivity contribution is -0.311. The Bertz CT molecular complexity index is 600. The van der Waals surface area contributed by atoms with Gasteiger partial charge in [0, 0.05) is 0 Å². The number of hydrogen-bond donors (Lipinski definition) is 0. The highest BCUT2D eigenvalue weighted by atomic mass is 28.4. The van der Waals surface area contributed by atoms with Crippen LogP contribution in [-0.2, 0) is 26.9 Å². The van der Waals surface area contributed by atoms with Gasteiger partial charge in [0.15, 0.2) is 41.6 Å². The molecule has 1 fully saturated rings. The predicted octanol–water partition coefficient (Wildman–Crippen LogP) is 6.08. The van der Waals surface area contributed by atoms with Crippen LogP contribution >= 0.6 is 0 Å². The van der Waals surface area contributed by atoms with Gasteiger partial charge in [-0.3, -0.25) is 0 Å². The van der Waals surface area contributed by atoms with Crippen molar-refractivity contribution in [3.8, 4) is 0 Å². The van der Waals surface area contributed by atoms with E-state index >= 15 is 0 Å². The Labute approximate surface area is 203 Å². The molecule has 11 heteroatoms. The first-order chi connectivity index (χ1) is 13.9. The molecule has 4 unspecified atom stereocenters. The monoisotopic (exact) mass is 540 g/mol. The van der Waals surface area contributed by atoms with Gasteiger partial charge in [0.2, 0.25) is 5.79 Å². The van der Waals surface area contributed by atoms with E-state index in [0.29, 0.717) is 13.2 Å². The molecule has 1 saturated heterocycles. The Hall–Kier alpha value is 0.844. The zero-order valence-electron chi connectivity index (χ0n) is 23.6. The third kappa shape index (κ3) is 11.5. The van der Waals surface area contributed by atoms with E-state index < -0.39 is 53.5 Å². The van der Waals surface area contributed by atoms with Crippen molar-refractivity contribution in [3.05, 3.63) is 0 Å². The topological polar surface area (TPSA) is 55.4 Å². The van der Waals surface area contributed by atoms with Crippen molar-refractivity contribution in [2.24, 2.45) is 0 Å². The second-order valence-corrected chi connectivity index (χ2v) is 36.2. The van der Waals surface area contributed by atoms with Gasteiger partial charge in [-0.25, -0.2) is 0 Å². The zero-order valence-corrected chi connectivity index (χ0v) is 28.6. The van der Waals surface area contributed by atoms with Gasteiger partial charge in [-0.2, -0.15) is 0 Å². The molecule has 1 rings (SSSR count). The summed E-state index contributed by atoms with van der Waals surface area (Å²) >= 11 is 0. The minimum Gasteiger partial charge on any atom is -0.412 e. The molecule has 1 aliphatic rings. The largest absolute Gasteiger partial charge is 0.412 e. The fourth-order valence-corrected chi connectivity index (χ4v) is 8.74. The van der Waals surface area contributed by atoms with Crippen molar-refractivity contribution in [3.63, 3.8) is 0 Å². The first-order valence-electron chi connectivity index (χ1n) is 11.9. The quantitative estimate of drug-likeness (QED) is 0.296. The lowest BCUT2D eigenvalue weighted by Gasteiger charge is -2.54. The second-order valence-electron chi connectivity index (χ2n) is 13.9. The molecule has 1 heterocycles. The molecule has 6 nitrogen and oxygen atoms in total. The Balaban J connectivity index is 3.59. The zero-order chi connectivity index (χ0) is 25.4. The molecule has 0 amide bonds. The summed E-state index contributed by atoms with van der Waals surface area (Å²) in [5.74, 6) is -0.991. The average molecular weight is 541 g/mol. The molecule has 0 aromatic carbocycles. The van der Waals surface area contributed by atoms with Crippen molar-refractivity contribution >= 4 is 41.6 Å². The third-order valence-electron chi connectivity index (χ3n) is 4.25. The van der Waals surface area contributed by atoms with E-state index in [1.807, 2.05) is 0 Å². The van der Waals surface area contributed by atoms with Gasteiger partial charge in [-0.05, 0) is 98.2 Å².